The summed E-state index contributed by atoms with van der Waals surface area (Å²) >= 11 is 3.80. The molecule has 2 aromatic carbocycles. The molecule has 0 heterocycles. The van der Waals surface area contributed by atoms with E-state index in [0.717, 1.165) is 11.3 Å². The predicted molar refractivity (Wildman–Crippen MR) is 96.5 cm³/mol. The lowest BCUT2D eigenvalue weighted by atomic mass is 9.95. The summed E-state index contributed by atoms with van der Waals surface area (Å²) in [6.07, 6.45) is 0. The summed E-state index contributed by atoms with van der Waals surface area (Å²) < 4.78 is 5.22. The van der Waals surface area contributed by atoms with Gasteiger partial charge in [-0.25, -0.2) is 0 Å². The lowest BCUT2D eigenvalue weighted by Gasteiger charge is -2.14. The first kappa shape index (κ1) is 16.6. The van der Waals surface area contributed by atoms with Crippen LogP contribution in [-0.2, 0) is 0 Å². The van der Waals surface area contributed by atoms with Crippen molar-refractivity contribution in [1.82, 2.24) is 0 Å². The van der Waals surface area contributed by atoms with E-state index in [4.69, 9.17) is 4.74 Å². The van der Waals surface area contributed by atoms with Crippen LogP contribution in [0.5, 0.6) is 5.75 Å². The van der Waals surface area contributed by atoms with E-state index < -0.39 is 0 Å². The second kappa shape index (κ2) is 7.03. The Hall–Kier alpha value is -1.72. The Morgan fingerprint density at radius 2 is 1.64 bits per heavy atom. The summed E-state index contributed by atoms with van der Waals surface area (Å²) in [4.78, 5) is 0.115. The van der Waals surface area contributed by atoms with Gasteiger partial charge in [-0.1, -0.05) is 58.1 Å². The van der Waals surface area contributed by atoms with Crippen LogP contribution in [0.25, 0.3) is 0 Å². The van der Waals surface area contributed by atoms with Crippen LogP contribution in [0.1, 0.15) is 42.3 Å². The predicted octanol–water partition coefficient (Wildman–Crippen LogP) is 5.58. The molecule has 0 saturated carbocycles. The molecule has 0 bridgehead atoms. The molecule has 0 aliphatic rings. The van der Waals surface area contributed by atoms with Gasteiger partial charge in [0.1, 0.15) is 5.75 Å². The van der Waals surface area contributed by atoms with E-state index in [0.29, 0.717) is 0 Å². The SMILES string of the molecule is COc1ccc(C(Br)c2ccccc2C#CC(C)(C)C)cc1. The van der Waals surface area contributed by atoms with Crippen LogP contribution in [0, 0.1) is 17.3 Å². The average molecular weight is 357 g/mol. The largest absolute Gasteiger partial charge is 0.497 e. The van der Waals surface area contributed by atoms with Crippen molar-refractivity contribution in [3.05, 3.63) is 65.2 Å². The zero-order valence-corrected chi connectivity index (χ0v) is 15.1. The molecule has 0 aromatic heterocycles. The molecule has 0 amide bonds. The highest BCUT2D eigenvalue weighted by molar-refractivity contribution is 9.09. The fourth-order valence-corrected chi connectivity index (χ4v) is 2.74. The van der Waals surface area contributed by atoms with Gasteiger partial charge in [0.15, 0.2) is 0 Å². The standard InChI is InChI=1S/C20H21BrO/c1-20(2,3)14-13-15-7-5-6-8-18(15)19(21)16-9-11-17(22-4)12-10-16/h5-12,19H,1-4H3. The Labute approximate surface area is 141 Å². The van der Waals surface area contributed by atoms with E-state index >= 15 is 0 Å². The smallest absolute Gasteiger partial charge is 0.118 e. The van der Waals surface area contributed by atoms with Crippen LogP contribution in [0.3, 0.4) is 0 Å². The second-order valence-electron chi connectivity index (χ2n) is 6.22. The first-order chi connectivity index (χ1) is 10.4. The summed E-state index contributed by atoms with van der Waals surface area (Å²) in [7, 11) is 1.68. The van der Waals surface area contributed by atoms with Gasteiger partial charge in [0.25, 0.3) is 0 Å². The maximum absolute atomic E-state index is 5.22. The highest BCUT2D eigenvalue weighted by Crippen LogP contribution is 2.33. The van der Waals surface area contributed by atoms with E-state index in [1.54, 1.807) is 7.11 Å². The van der Waals surface area contributed by atoms with Crippen molar-refractivity contribution in [2.75, 3.05) is 7.11 Å². The van der Waals surface area contributed by atoms with Crippen LogP contribution in [0.4, 0.5) is 0 Å². The fraction of sp³-hybridized carbons (Fsp3) is 0.300. The number of methoxy groups -OCH3 is 1. The first-order valence-electron chi connectivity index (χ1n) is 7.31. The van der Waals surface area contributed by atoms with Crippen molar-refractivity contribution in [2.45, 2.75) is 25.6 Å². The van der Waals surface area contributed by atoms with E-state index in [2.05, 4.69) is 78.9 Å². The number of alkyl halides is 1. The Morgan fingerprint density at radius 3 is 2.23 bits per heavy atom. The minimum absolute atomic E-state index is 0.00493. The number of halogens is 1. The zero-order valence-electron chi connectivity index (χ0n) is 13.5. The molecule has 1 atom stereocenters. The molecule has 1 nitrogen and oxygen atoms in total. The monoisotopic (exact) mass is 356 g/mol. The maximum Gasteiger partial charge on any atom is 0.118 e. The molecular formula is C20H21BrO. The quantitative estimate of drug-likeness (QED) is 0.515. The van der Waals surface area contributed by atoms with Gasteiger partial charge in [0.05, 0.1) is 11.9 Å². The summed E-state index contributed by atoms with van der Waals surface area (Å²) in [6, 6.07) is 16.4. The van der Waals surface area contributed by atoms with Crippen LogP contribution in [0.15, 0.2) is 48.5 Å². The van der Waals surface area contributed by atoms with Crippen molar-refractivity contribution >= 4 is 15.9 Å². The van der Waals surface area contributed by atoms with Crippen molar-refractivity contribution < 1.29 is 4.74 Å². The molecule has 0 aliphatic carbocycles. The summed E-state index contributed by atoms with van der Waals surface area (Å²) in [6.45, 7) is 6.37. The first-order valence-corrected chi connectivity index (χ1v) is 8.22. The minimum Gasteiger partial charge on any atom is -0.497 e. The number of hydrogen-bond acceptors (Lipinski definition) is 1. The second-order valence-corrected chi connectivity index (χ2v) is 7.14. The molecule has 0 radical (unpaired) electrons. The third-order valence-electron chi connectivity index (χ3n) is 3.21. The molecule has 2 aromatic rings. The Balaban J connectivity index is 2.36. The van der Waals surface area contributed by atoms with Gasteiger partial charge in [-0.2, -0.15) is 0 Å². The zero-order chi connectivity index (χ0) is 16.2. The van der Waals surface area contributed by atoms with Crippen molar-refractivity contribution in [2.24, 2.45) is 5.41 Å². The highest BCUT2D eigenvalue weighted by Gasteiger charge is 2.14. The van der Waals surface area contributed by atoms with Gasteiger partial charge >= 0.3 is 0 Å². The van der Waals surface area contributed by atoms with Crippen LogP contribution in [-0.4, -0.2) is 7.11 Å². The number of hydrogen-bond donors (Lipinski definition) is 0. The molecule has 114 valence electrons. The van der Waals surface area contributed by atoms with Gasteiger partial charge in [-0.15, -0.1) is 0 Å². The van der Waals surface area contributed by atoms with Gasteiger partial charge in [0, 0.05) is 11.0 Å². The van der Waals surface area contributed by atoms with E-state index in [1.807, 2.05) is 18.2 Å². The van der Waals surface area contributed by atoms with E-state index in [9.17, 15) is 0 Å². The molecule has 0 spiro atoms. The normalized spacial score (nSPS) is 12.2. The van der Waals surface area contributed by atoms with Crippen LogP contribution >= 0.6 is 15.9 Å². The Morgan fingerprint density at radius 1 is 1.00 bits per heavy atom. The summed E-state index contributed by atoms with van der Waals surface area (Å²) in [5.41, 5.74) is 3.43. The Bertz CT molecular complexity index is 684. The van der Waals surface area contributed by atoms with Crippen LogP contribution in [0.2, 0.25) is 0 Å². The Kier molecular flexibility index (Phi) is 5.32. The maximum atomic E-state index is 5.22. The van der Waals surface area contributed by atoms with E-state index in [1.165, 1.54) is 11.1 Å². The van der Waals surface area contributed by atoms with Gasteiger partial charge in [-0.05, 0) is 50.1 Å². The van der Waals surface area contributed by atoms with E-state index in [-0.39, 0.29) is 10.2 Å². The number of rotatable bonds is 3. The molecular weight excluding hydrogens is 336 g/mol. The summed E-state index contributed by atoms with van der Waals surface area (Å²) in [5, 5.41) is 0. The van der Waals surface area contributed by atoms with Gasteiger partial charge in [-0.3, -0.25) is 0 Å². The molecule has 2 heteroatoms. The average Bonchev–Trinajstić information content (AvgIpc) is 2.52. The minimum atomic E-state index is -0.00493. The number of ether oxygens (including phenoxy) is 1. The van der Waals surface area contributed by atoms with Crippen molar-refractivity contribution in [3.63, 3.8) is 0 Å². The van der Waals surface area contributed by atoms with Gasteiger partial charge in [0.2, 0.25) is 0 Å². The third kappa shape index (κ3) is 4.39. The fourth-order valence-electron chi connectivity index (χ4n) is 2.04. The molecule has 22 heavy (non-hydrogen) atoms. The topological polar surface area (TPSA) is 9.23 Å². The molecule has 1 unspecified atom stereocenters. The molecule has 0 saturated heterocycles. The van der Waals surface area contributed by atoms with Gasteiger partial charge < -0.3 is 4.74 Å². The molecule has 0 aliphatic heterocycles. The molecule has 0 fully saturated rings. The highest BCUT2D eigenvalue weighted by atomic mass is 79.9. The lowest BCUT2D eigenvalue weighted by molar-refractivity contribution is 0.414. The lowest BCUT2D eigenvalue weighted by Crippen LogP contribution is -2.01. The third-order valence-corrected chi connectivity index (χ3v) is 4.24. The number of benzene rings is 2. The molecule has 0 N–H and O–H groups in total. The van der Waals surface area contributed by atoms with Crippen LogP contribution < -0.4 is 4.74 Å². The summed E-state index contributed by atoms with van der Waals surface area (Å²) in [5.74, 6) is 7.50. The van der Waals surface area contributed by atoms with Crippen molar-refractivity contribution in [3.8, 4) is 17.6 Å². The molecule has 2 rings (SSSR count). The van der Waals surface area contributed by atoms with Crippen molar-refractivity contribution in [1.29, 1.82) is 0 Å².